The highest BCUT2D eigenvalue weighted by Gasteiger charge is 2.05. The monoisotopic (exact) mass is 366 g/mol. The van der Waals surface area contributed by atoms with E-state index in [1.807, 2.05) is 25.1 Å². The van der Waals surface area contributed by atoms with Crippen LogP contribution >= 0.6 is 0 Å². The van der Waals surface area contributed by atoms with Gasteiger partial charge in [0.05, 0.1) is 0 Å². The minimum atomic E-state index is -0.232. The molecule has 3 aromatic rings. The third-order valence-electron chi connectivity index (χ3n) is 4.77. The molecular formula is C24H24F2O. The molecule has 0 fully saturated rings. The predicted molar refractivity (Wildman–Crippen MR) is 105 cm³/mol. The fraction of sp³-hybridized carbons (Fsp3) is 0.250. The number of halogens is 2. The highest BCUT2D eigenvalue weighted by molar-refractivity contribution is 5.34. The second kappa shape index (κ2) is 8.34. The molecule has 0 bridgehead atoms. The first-order valence-corrected chi connectivity index (χ1v) is 9.22. The number of phenols is 1. The summed E-state index contributed by atoms with van der Waals surface area (Å²) in [7, 11) is 0. The van der Waals surface area contributed by atoms with E-state index in [-0.39, 0.29) is 17.4 Å². The van der Waals surface area contributed by atoms with Gasteiger partial charge < -0.3 is 5.11 Å². The predicted octanol–water partition coefficient (Wildman–Crippen LogP) is 5.86. The van der Waals surface area contributed by atoms with Crippen molar-refractivity contribution in [1.29, 1.82) is 0 Å². The first kappa shape index (κ1) is 19.1. The summed E-state index contributed by atoms with van der Waals surface area (Å²) < 4.78 is 27.4. The average molecular weight is 366 g/mol. The number of phenolic OH excluding ortho intramolecular Hbond substituents is 1. The van der Waals surface area contributed by atoms with E-state index >= 15 is 0 Å². The third kappa shape index (κ3) is 5.40. The van der Waals surface area contributed by atoms with Crippen LogP contribution < -0.4 is 0 Å². The van der Waals surface area contributed by atoms with Crippen LogP contribution in [0.2, 0.25) is 0 Å². The van der Waals surface area contributed by atoms with Crippen LogP contribution in [-0.2, 0) is 25.7 Å². The van der Waals surface area contributed by atoms with Crippen LogP contribution in [0, 0.1) is 25.5 Å². The van der Waals surface area contributed by atoms with Gasteiger partial charge in [-0.05, 0) is 103 Å². The molecule has 0 aliphatic rings. The molecule has 3 heteroatoms. The molecule has 0 radical (unpaired) electrons. The Morgan fingerprint density at radius 3 is 1.85 bits per heavy atom. The van der Waals surface area contributed by atoms with Gasteiger partial charge in [-0.3, -0.25) is 0 Å². The summed E-state index contributed by atoms with van der Waals surface area (Å²) in [5, 5.41) is 9.71. The second-order valence-electron chi connectivity index (χ2n) is 7.23. The van der Waals surface area contributed by atoms with Crippen LogP contribution in [0.3, 0.4) is 0 Å². The van der Waals surface area contributed by atoms with E-state index in [2.05, 4.69) is 0 Å². The van der Waals surface area contributed by atoms with E-state index in [1.54, 1.807) is 37.3 Å². The van der Waals surface area contributed by atoms with Crippen molar-refractivity contribution in [3.63, 3.8) is 0 Å². The summed E-state index contributed by atoms with van der Waals surface area (Å²) in [6.07, 6.45) is 2.91. The molecule has 140 valence electrons. The van der Waals surface area contributed by atoms with Gasteiger partial charge in [0.1, 0.15) is 17.4 Å². The SMILES string of the molecule is Cc1cc(O)cc(CCc2cc(F)cc(CCc3ccc(F)c(C)c3)c2)c1. The molecule has 0 unspecified atom stereocenters. The topological polar surface area (TPSA) is 20.2 Å². The minimum absolute atomic E-state index is 0.200. The Morgan fingerprint density at radius 1 is 0.667 bits per heavy atom. The van der Waals surface area contributed by atoms with Crippen LogP contribution in [0.15, 0.2) is 54.6 Å². The summed E-state index contributed by atoms with van der Waals surface area (Å²) in [5.41, 5.74) is 5.63. The van der Waals surface area contributed by atoms with Crippen molar-refractivity contribution in [2.75, 3.05) is 0 Å². The standard InChI is InChI=1S/C24H24F2O/c1-16-9-19(15-23(27)10-16)5-6-21-12-20(13-22(25)14-21)4-3-18-7-8-24(26)17(2)11-18/h7-15,27H,3-6H2,1-2H3. The van der Waals surface area contributed by atoms with Gasteiger partial charge in [-0.2, -0.15) is 0 Å². The highest BCUT2D eigenvalue weighted by Crippen LogP contribution is 2.19. The average Bonchev–Trinajstić information content (AvgIpc) is 2.60. The smallest absolute Gasteiger partial charge is 0.126 e. The third-order valence-corrected chi connectivity index (χ3v) is 4.77. The maximum atomic E-state index is 14.0. The van der Waals surface area contributed by atoms with E-state index in [0.29, 0.717) is 18.4 Å². The summed E-state index contributed by atoms with van der Waals surface area (Å²) in [4.78, 5) is 0. The second-order valence-corrected chi connectivity index (χ2v) is 7.23. The lowest BCUT2D eigenvalue weighted by Gasteiger charge is -2.09. The minimum Gasteiger partial charge on any atom is -0.508 e. The lowest BCUT2D eigenvalue weighted by molar-refractivity contribution is 0.474. The van der Waals surface area contributed by atoms with Crippen molar-refractivity contribution in [1.82, 2.24) is 0 Å². The normalized spacial score (nSPS) is 11.0. The number of benzene rings is 3. The summed E-state index contributed by atoms with van der Waals surface area (Å²) >= 11 is 0. The summed E-state index contributed by atoms with van der Waals surface area (Å²) in [5.74, 6) is -0.168. The van der Waals surface area contributed by atoms with E-state index in [9.17, 15) is 13.9 Å². The fourth-order valence-electron chi connectivity index (χ4n) is 3.43. The van der Waals surface area contributed by atoms with Crippen molar-refractivity contribution in [3.05, 3.63) is 99.6 Å². The van der Waals surface area contributed by atoms with Gasteiger partial charge in [-0.25, -0.2) is 8.78 Å². The Bertz CT molecular complexity index is 927. The van der Waals surface area contributed by atoms with Crippen LogP contribution in [0.1, 0.15) is 33.4 Å². The Morgan fingerprint density at radius 2 is 1.26 bits per heavy atom. The molecule has 1 nitrogen and oxygen atoms in total. The number of rotatable bonds is 6. The lowest BCUT2D eigenvalue weighted by atomic mass is 9.98. The Labute approximate surface area is 159 Å². The van der Waals surface area contributed by atoms with E-state index in [4.69, 9.17) is 0 Å². The molecule has 0 saturated heterocycles. The molecule has 0 amide bonds. The largest absolute Gasteiger partial charge is 0.508 e. The van der Waals surface area contributed by atoms with Crippen molar-refractivity contribution < 1.29 is 13.9 Å². The van der Waals surface area contributed by atoms with Gasteiger partial charge in [0.2, 0.25) is 0 Å². The number of hydrogen-bond donors (Lipinski definition) is 1. The zero-order chi connectivity index (χ0) is 19.4. The molecular weight excluding hydrogens is 342 g/mol. The Balaban J connectivity index is 1.67. The zero-order valence-corrected chi connectivity index (χ0v) is 15.7. The molecule has 0 saturated carbocycles. The quantitative estimate of drug-likeness (QED) is 0.579. The lowest BCUT2D eigenvalue weighted by Crippen LogP contribution is -1.98. The molecule has 0 heterocycles. The number of hydrogen-bond acceptors (Lipinski definition) is 1. The highest BCUT2D eigenvalue weighted by atomic mass is 19.1. The van der Waals surface area contributed by atoms with Gasteiger partial charge in [0, 0.05) is 0 Å². The van der Waals surface area contributed by atoms with Gasteiger partial charge in [0.25, 0.3) is 0 Å². The van der Waals surface area contributed by atoms with Crippen LogP contribution in [-0.4, -0.2) is 5.11 Å². The number of aryl methyl sites for hydroxylation is 6. The van der Waals surface area contributed by atoms with Crippen molar-refractivity contribution >= 4 is 0 Å². The first-order chi connectivity index (χ1) is 12.9. The molecule has 3 aromatic carbocycles. The maximum absolute atomic E-state index is 14.0. The number of aromatic hydroxyl groups is 1. The summed E-state index contributed by atoms with van der Waals surface area (Å²) in [6, 6.07) is 15.8. The molecule has 0 aliphatic heterocycles. The van der Waals surface area contributed by atoms with Gasteiger partial charge in [-0.15, -0.1) is 0 Å². The molecule has 1 N–H and O–H groups in total. The van der Waals surface area contributed by atoms with Crippen molar-refractivity contribution in [2.24, 2.45) is 0 Å². The van der Waals surface area contributed by atoms with E-state index in [1.165, 1.54) is 6.07 Å². The molecule has 3 rings (SSSR count). The Hall–Kier alpha value is -2.68. The fourth-order valence-corrected chi connectivity index (χ4v) is 3.43. The molecule has 0 atom stereocenters. The zero-order valence-electron chi connectivity index (χ0n) is 15.7. The molecule has 0 spiro atoms. The first-order valence-electron chi connectivity index (χ1n) is 9.22. The van der Waals surface area contributed by atoms with E-state index < -0.39 is 0 Å². The van der Waals surface area contributed by atoms with Crippen molar-refractivity contribution in [3.8, 4) is 5.75 Å². The molecule has 0 aromatic heterocycles. The van der Waals surface area contributed by atoms with E-state index in [0.717, 1.165) is 40.7 Å². The van der Waals surface area contributed by atoms with Gasteiger partial charge in [0.15, 0.2) is 0 Å². The van der Waals surface area contributed by atoms with Gasteiger partial charge >= 0.3 is 0 Å². The van der Waals surface area contributed by atoms with Crippen LogP contribution in [0.5, 0.6) is 5.75 Å². The van der Waals surface area contributed by atoms with Crippen molar-refractivity contribution in [2.45, 2.75) is 39.5 Å². The van der Waals surface area contributed by atoms with Crippen LogP contribution in [0.25, 0.3) is 0 Å². The molecule has 0 aliphatic carbocycles. The Kier molecular flexibility index (Phi) is 5.90. The maximum Gasteiger partial charge on any atom is 0.126 e. The molecule has 27 heavy (non-hydrogen) atoms. The van der Waals surface area contributed by atoms with Gasteiger partial charge in [-0.1, -0.05) is 24.3 Å². The summed E-state index contributed by atoms with van der Waals surface area (Å²) in [6.45, 7) is 3.70. The van der Waals surface area contributed by atoms with Crippen LogP contribution in [0.4, 0.5) is 8.78 Å².